The smallest absolute Gasteiger partial charge is 0.352 e. The Balaban J connectivity index is 1.95. The molecular weight excluding hydrogens is 353 g/mol. The quantitative estimate of drug-likeness (QED) is 0.624. The lowest BCUT2D eigenvalue weighted by Crippen LogP contribution is -2.36. The number of halogens is 3. The van der Waals surface area contributed by atoms with E-state index in [0.717, 1.165) is 15.4 Å². The Labute approximate surface area is 148 Å². The molecule has 0 amide bonds. The molecule has 0 aliphatic heterocycles. The maximum atomic E-state index is 12.9. The van der Waals surface area contributed by atoms with E-state index in [9.17, 15) is 13.2 Å². The number of aryl methyl sites for hydroxylation is 1. The van der Waals surface area contributed by atoms with E-state index < -0.39 is 11.9 Å². The van der Waals surface area contributed by atoms with Crippen LogP contribution < -0.4 is 10.6 Å². The molecule has 0 aliphatic rings. The molecule has 0 aliphatic carbocycles. The highest BCUT2D eigenvalue weighted by Gasteiger charge is 2.36. The lowest BCUT2D eigenvalue weighted by atomic mass is 10.2. The molecule has 0 unspecified atom stereocenters. The zero-order valence-corrected chi connectivity index (χ0v) is 15.3. The van der Waals surface area contributed by atoms with Crippen molar-refractivity contribution < 1.29 is 13.2 Å². The summed E-state index contributed by atoms with van der Waals surface area (Å²) in [6, 6.07) is 0. The Morgan fingerprint density at radius 3 is 2.56 bits per heavy atom. The van der Waals surface area contributed by atoms with Crippen LogP contribution in [0.25, 0.3) is 0 Å². The van der Waals surface area contributed by atoms with Gasteiger partial charge in [0.15, 0.2) is 11.7 Å². The number of hydrogen-bond acceptors (Lipinski definition) is 4. The van der Waals surface area contributed by atoms with Gasteiger partial charge in [-0.1, -0.05) is 13.8 Å². The predicted octanol–water partition coefficient (Wildman–Crippen LogP) is 2.88. The molecule has 2 aromatic heterocycles. The third-order valence-electron chi connectivity index (χ3n) is 3.41. The minimum absolute atomic E-state index is 0.0303. The Kier molecular flexibility index (Phi) is 6.04. The molecule has 138 valence electrons. The molecule has 10 heteroatoms. The molecule has 0 bridgehead atoms. The zero-order chi connectivity index (χ0) is 18.6. The first-order chi connectivity index (χ1) is 11.7. The molecule has 2 heterocycles. The normalized spacial score (nSPS) is 12.7. The van der Waals surface area contributed by atoms with Gasteiger partial charge in [0.25, 0.3) is 0 Å². The number of rotatable bonds is 5. The fourth-order valence-corrected chi connectivity index (χ4v) is 3.03. The SMILES string of the molecule is CN=C(NCc1nc(C(C)C)cs1)NCc1cn(C)nc1C(F)(F)F. The van der Waals surface area contributed by atoms with Crippen LogP contribution in [-0.2, 0) is 26.3 Å². The second-order valence-electron chi connectivity index (χ2n) is 5.77. The molecular formula is C15H21F3N6S. The summed E-state index contributed by atoms with van der Waals surface area (Å²) < 4.78 is 40.0. The number of aliphatic imine (C=N–C) groups is 1. The molecule has 0 saturated heterocycles. The van der Waals surface area contributed by atoms with Gasteiger partial charge in [0.05, 0.1) is 12.2 Å². The highest BCUT2D eigenvalue weighted by atomic mass is 32.1. The molecule has 0 atom stereocenters. The third-order valence-corrected chi connectivity index (χ3v) is 4.28. The van der Waals surface area contributed by atoms with Gasteiger partial charge in [-0.2, -0.15) is 18.3 Å². The lowest BCUT2D eigenvalue weighted by molar-refractivity contribution is -0.142. The molecule has 2 N–H and O–H groups in total. The Morgan fingerprint density at radius 1 is 1.32 bits per heavy atom. The van der Waals surface area contributed by atoms with Crippen molar-refractivity contribution in [3.8, 4) is 0 Å². The van der Waals surface area contributed by atoms with Gasteiger partial charge >= 0.3 is 6.18 Å². The summed E-state index contributed by atoms with van der Waals surface area (Å²) >= 11 is 1.54. The van der Waals surface area contributed by atoms with E-state index in [1.807, 2.05) is 5.38 Å². The van der Waals surface area contributed by atoms with Gasteiger partial charge in [0, 0.05) is 37.8 Å². The van der Waals surface area contributed by atoms with E-state index in [-0.39, 0.29) is 12.1 Å². The Morgan fingerprint density at radius 2 is 2.00 bits per heavy atom. The van der Waals surface area contributed by atoms with Crippen molar-refractivity contribution in [2.75, 3.05) is 7.05 Å². The number of guanidine groups is 1. The standard InChI is InChI=1S/C15H21F3N6S/c1-9(2)11-8-25-12(22-11)6-21-14(19-3)20-5-10-7-24(4)23-13(10)15(16,17)18/h7-9H,5-6H2,1-4H3,(H2,19,20,21). The molecule has 6 nitrogen and oxygen atoms in total. The van der Waals surface area contributed by atoms with E-state index in [0.29, 0.717) is 18.4 Å². The fourth-order valence-electron chi connectivity index (χ4n) is 2.14. The minimum atomic E-state index is -4.48. The first-order valence-corrected chi connectivity index (χ1v) is 8.57. The van der Waals surface area contributed by atoms with Crippen molar-refractivity contribution >= 4 is 17.3 Å². The predicted molar refractivity (Wildman–Crippen MR) is 91.5 cm³/mol. The average molecular weight is 374 g/mol. The summed E-state index contributed by atoms with van der Waals surface area (Å²) in [7, 11) is 3.02. The molecule has 2 aromatic rings. The van der Waals surface area contributed by atoms with Crippen LogP contribution in [-0.4, -0.2) is 27.8 Å². The van der Waals surface area contributed by atoms with Crippen LogP contribution in [0.3, 0.4) is 0 Å². The van der Waals surface area contributed by atoms with Gasteiger partial charge in [0.1, 0.15) is 5.01 Å². The van der Waals surface area contributed by atoms with Crippen molar-refractivity contribution in [1.82, 2.24) is 25.4 Å². The first-order valence-electron chi connectivity index (χ1n) is 7.69. The number of alkyl halides is 3. The van der Waals surface area contributed by atoms with Crippen molar-refractivity contribution in [2.24, 2.45) is 12.0 Å². The van der Waals surface area contributed by atoms with Gasteiger partial charge in [-0.25, -0.2) is 4.98 Å². The highest BCUT2D eigenvalue weighted by molar-refractivity contribution is 7.09. The Hall–Kier alpha value is -2.10. The molecule has 0 fully saturated rings. The van der Waals surface area contributed by atoms with Crippen molar-refractivity contribution in [1.29, 1.82) is 0 Å². The van der Waals surface area contributed by atoms with E-state index >= 15 is 0 Å². The number of nitrogens with zero attached hydrogens (tertiary/aromatic N) is 4. The van der Waals surface area contributed by atoms with E-state index in [4.69, 9.17) is 0 Å². The van der Waals surface area contributed by atoms with E-state index in [2.05, 4.69) is 39.6 Å². The van der Waals surface area contributed by atoms with Gasteiger partial charge < -0.3 is 10.6 Å². The molecule has 0 saturated carbocycles. The summed E-state index contributed by atoms with van der Waals surface area (Å²) in [6.45, 7) is 4.56. The van der Waals surface area contributed by atoms with Crippen LogP contribution in [0, 0.1) is 0 Å². The first kappa shape index (κ1) is 19.2. The number of nitrogens with one attached hydrogen (secondary N) is 2. The average Bonchev–Trinajstić information content (AvgIpc) is 3.13. The van der Waals surface area contributed by atoms with Crippen LogP contribution >= 0.6 is 11.3 Å². The molecule has 2 rings (SSSR count). The summed E-state index contributed by atoms with van der Waals surface area (Å²) in [6.07, 6.45) is -3.14. The molecule has 0 radical (unpaired) electrons. The van der Waals surface area contributed by atoms with Crippen molar-refractivity contribution in [3.05, 3.63) is 33.5 Å². The maximum Gasteiger partial charge on any atom is 0.435 e. The van der Waals surface area contributed by atoms with Gasteiger partial charge in [-0.05, 0) is 5.92 Å². The largest absolute Gasteiger partial charge is 0.435 e. The van der Waals surface area contributed by atoms with Gasteiger partial charge in [-0.15, -0.1) is 11.3 Å². The van der Waals surface area contributed by atoms with Crippen LogP contribution in [0.5, 0.6) is 0 Å². The Bertz CT molecular complexity index is 732. The minimum Gasteiger partial charge on any atom is -0.352 e. The van der Waals surface area contributed by atoms with Crippen LogP contribution in [0.15, 0.2) is 16.6 Å². The fraction of sp³-hybridized carbons (Fsp3) is 0.533. The second-order valence-corrected chi connectivity index (χ2v) is 6.72. The summed E-state index contributed by atoms with van der Waals surface area (Å²) in [5.74, 6) is 0.757. The summed E-state index contributed by atoms with van der Waals surface area (Å²) in [4.78, 5) is 8.52. The lowest BCUT2D eigenvalue weighted by Gasteiger charge is -2.11. The van der Waals surface area contributed by atoms with E-state index in [1.54, 1.807) is 7.05 Å². The molecule has 0 spiro atoms. The van der Waals surface area contributed by atoms with Crippen molar-refractivity contribution in [3.63, 3.8) is 0 Å². The number of aromatic nitrogens is 3. The molecule has 25 heavy (non-hydrogen) atoms. The third kappa shape index (κ3) is 5.18. The van der Waals surface area contributed by atoms with Crippen LogP contribution in [0.4, 0.5) is 13.2 Å². The highest BCUT2D eigenvalue weighted by Crippen LogP contribution is 2.30. The van der Waals surface area contributed by atoms with Crippen LogP contribution in [0.1, 0.15) is 41.7 Å². The van der Waals surface area contributed by atoms with E-state index in [1.165, 1.54) is 24.6 Å². The second kappa shape index (κ2) is 7.85. The monoisotopic (exact) mass is 374 g/mol. The van der Waals surface area contributed by atoms with Gasteiger partial charge in [-0.3, -0.25) is 9.67 Å². The maximum absolute atomic E-state index is 12.9. The van der Waals surface area contributed by atoms with Crippen molar-refractivity contribution in [2.45, 2.75) is 39.0 Å². The topological polar surface area (TPSA) is 67.1 Å². The number of hydrogen-bond donors (Lipinski definition) is 2. The molecule has 0 aromatic carbocycles. The zero-order valence-electron chi connectivity index (χ0n) is 14.5. The van der Waals surface area contributed by atoms with Gasteiger partial charge in [0.2, 0.25) is 0 Å². The summed E-state index contributed by atoms with van der Waals surface area (Å²) in [5, 5.41) is 12.3. The number of thiazole rings is 1. The van der Waals surface area contributed by atoms with Crippen LogP contribution in [0.2, 0.25) is 0 Å². The summed E-state index contributed by atoms with van der Waals surface area (Å²) in [5.41, 5.74) is 0.198.